The lowest BCUT2D eigenvalue weighted by Crippen LogP contribution is -2.60. The summed E-state index contributed by atoms with van der Waals surface area (Å²) in [7, 11) is 0. The largest absolute Gasteiger partial charge is 0.508 e. The van der Waals surface area contributed by atoms with Gasteiger partial charge in [0, 0.05) is 6.07 Å². The summed E-state index contributed by atoms with van der Waals surface area (Å²) >= 11 is 0. The first-order valence-electron chi connectivity index (χ1n) is 9.06. The van der Waals surface area contributed by atoms with E-state index in [0.717, 1.165) is 0 Å². The third-order valence-electron chi connectivity index (χ3n) is 4.96. The Morgan fingerprint density at radius 3 is 2.41 bits per heavy atom. The van der Waals surface area contributed by atoms with Crippen LogP contribution in [0.4, 0.5) is 0 Å². The summed E-state index contributed by atoms with van der Waals surface area (Å²) in [6.45, 7) is 0.252. The van der Waals surface area contributed by atoms with Crippen LogP contribution in [0.3, 0.4) is 0 Å². The van der Waals surface area contributed by atoms with Gasteiger partial charge in [0.2, 0.25) is 6.29 Å². The predicted molar refractivity (Wildman–Crippen MR) is 93.9 cm³/mol. The molecule has 11 nitrogen and oxygen atoms in total. The van der Waals surface area contributed by atoms with Crippen molar-refractivity contribution < 1.29 is 54.7 Å². The smallest absolute Gasteiger partial charge is 0.229 e. The molecule has 164 valence electrons. The highest BCUT2D eigenvalue weighted by Gasteiger charge is 2.50. The van der Waals surface area contributed by atoms with Crippen LogP contribution in [0.5, 0.6) is 11.5 Å². The summed E-state index contributed by atoms with van der Waals surface area (Å²) in [6.07, 6.45) is -10.1. The highest BCUT2D eigenvalue weighted by molar-refractivity contribution is 5.37. The van der Waals surface area contributed by atoms with Crippen LogP contribution >= 0.6 is 0 Å². The first-order chi connectivity index (χ1) is 13.6. The van der Waals surface area contributed by atoms with Crippen molar-refractivity contribution in [1.29, 1.82) is 0 Å². The van der Waals surface area contributed by atoms with Crippen LogP contribution in [0.2, 0.25) is 0 Å². The maximum Gasteiger partial charge on any atom is 0.229 e. The fourth-order valence-corrected chi connectivity index (χ4v) is 3.21. The fraction of sp³-hybridized carbons (Fsp3) is 0.667. The van der Waals surface area contributed by atoms with Gasteiger partial charge in [-0.05, 0) is 24.6 Å². The number of phenols is 1. The standard InChI is InChI=1S/C18H26O11/c1-8-2-9(20)4-10(3-8)28-16-14(23)13(22)12(21)11(29-16)5-26-17-15(24)18(25,6-19)7-27-17/h2-4,11-17,19-25H,5-7H2,1H3/t11-,12+,13-,14-,15+,16+,17-,18-/m1/s1. The number of aliphatic hydroxyl groups excluding tert-OH is 5. The minimum Gasteiger partial charge on any atom is -0.508 e. The van der Waals surface area contributed by atoms with E-state index < -0.39 is 55.3 Å². The molecule has 2 heterocycles. The lowest BCUT2D eigenvalue weighted by Gasteiger charge is -2.40. The second-order valence-corrected chi connectivity index (χ2v) is 7.36. The summed E-state index contributed by atoms with van der Waals surface area (Å²) in [5, 5.41) is 69.2. The molecule has 2 fully saturated rings. The van der Waals surface area contributed by atoms with Crippen molar-refractivity contribution in [3.63, 3.8) is 0 Å². The minimum absolute atomic E-state index is 0.0606. The molecular formula is C18H26O11. The molecule has 0 amide bonds. The van der Waals surface area contributed by atoms with E-state index in [1.165, 1.54) is 12.1 Å². The van der Waals surface area contributed by atoms with E-state index in [-0.39, 0.29) is 24.7 Å². The predicted octanol–water partition coefficient (Wildman–Crippen LogP) is -2.66. The number of hydrogen-bond donors (Lipinski definition) is 7. The Labute approximate surface area is 166 Å². The maximum absolute atomic E-state index is 10.2. The van der Waals surface area contributed by atoms with Gasteiger partial charge in [-0.2, -0.15) is 0 Å². The van der Waals surface area contributed by atoms with Gasteiger partial charge in [-0.15, -0.1) is 0 Å². The van der Waals surface area contributed by atoms with Crippen molar-refractivity contribution >= 4 is 0 Å². The molecule has 0 bridgehead atoms. The van der Waals surface area contributed by atoms with Crippen LogP contribution in [0, 0.1) is 6.92 Å². The highest BCUT2D eigenvalue weighted by Crippen LogP contribution is 2.29. The van der Waals surface area contributed by atoms with Crippen LogP contribution in [0.15, 0.2) is 18.2 Å². The Morgan fingerprint density at radius 1 is 1.07 bits per heavy atom. The fourth-order valence-electron chi connectivity index (χ4n) is 3.21. The second-order valence-electron chi connectivity index (χ2n) is 7.36. The summed E-state index contributed by atoms with van der Waals surface area (Å²) in [5.41, 5.74) is -1.18. The van der Waals surface area contributed by atoms with Crippen molar-refractivity contribution in [1.82, 2.24) is 0 Å². The lowest BCUT2D eigenvalue weighted by molar-refractivity contribution is -0.289. The Hall–Kier alpha value is -1.54. The number of hydrogen-bond acceptors (Lipinski definition) is 11. The van der Waals surface area contributed by atoms with E-state index in [4.69, 9.17) is 24.1 Å². The molecule has 7 N–H and O–H groups in total. The molecule has 0 aliphatic carbocycles. The monoisotopic (exact) mass is 418 g/mol. The topological polar surface area (TPSA) is 179 Å². The molecule has 0 radical (unpaired) electrons. The summed E-state index contributed by atoms with van der Waals surface area (Å²) in [5.74, 6) is 0.117. The Morgan fingerprint density at radius 2 is 1.79 bits per heavy atom. The SMILES string of the molecule is Cc1cc(O)cc(O[C@H]2O[C@H](CO[C@@H]3OC[C@](O)(CO)[C@H]3O)[C@H](O)[C@@H](O)[C@H]2O)c1. The van der Waals surface area contributed by atoms with Gasteiger partial charge in [0.25, 0.3) is 0 Å². The van der Waals surface area contributed by atoms with Crippen molar-refractivity contribution in [3.05, 3.63) is 23.8 Å². The third-order valence-corrected chi connectivity index (χ3v) is 4.96. The molecule has 0 saturated carbocycles. The normalized spacial score (nSPS) is 40.2. The van der Waals surface area contributed by atoms with E-state index in [9.17, 15) is 30.6 Å². The van der Waals surface area contributed by atoms with E-state index >= 15 is 0 Å². The van der Waals surface area contributed by atoms with Gasteiger partial charge in [0.05, 0.1) is 19.8 Å². The molecule has 0 aromatic heterocycles. The zero-order chi connectivity index (χ0) is 21.3. The number of benzene rings is 1. The molecule has 1 aromatic carbocycles. The molecule has 0 spiro atoms. The molecule has 29 heavy (non-hydrogen) atoms. The van der Waals surface area contributed by atoms with Crippen molar-refractivity contribution in [2.24, 2.45) is 0 Å². The molecule has 8 atom stereocenters. The molecule has 2 aliphatic rings. The van der Waals surface area contributed by atoms with Gasteiger partial charge >= 0.3 is 0 Å². The molecule has 2 aliphatic heterocycles. The zero-order valence-corrected chi connectivity index (χ0v) is 15.7. The van der Waals surface area contributed by atoms with Crippen LogP contribution in [0.1, 0.15) is 5.56 Å². The summed E-state index contributed by atoms with van der Waals surface area (Å²) in [4.78, 5) is 0. The zero-order valence-electron chi connectivity index (χ0n) is 15.7. The van der Waals surface area contributed by atoms with Gasteiger partial charge in [0.15, 0.2) is 6.29 Å². The first-order valence-corrected chi connectivity index (χ1v) is 9.06. The molecular weight excluding hydrogens is 392 g/mol. The van der Waals surface area contributed by atoms with Gasteiger partial charge in [-0.25, -0.2) is 0 Å². The average Bonchev–Trinajstić information content (AvgIpc) is 2.95. The Kier molecular flexibility index (Phi) is 6.63. The molecule has 11 heteroatoms. The average molecular weight is 418 g/mol. The second kappa shape index (κ2) is 8.68. The van der Waals surface area contributed by atoms with Gasteiger partial charge < -0.3 is 54.7 Å². The van der Waals surface area contributed by atoms with Crippen LogP contribution in [0.25, 0.3) is 0 Å². The molecule has 3 rings (SSSR count). The first kappa shape index (κ1) is 22.2. The van der Waals surface area contributed by atoms with Crippen molar-refractivity contribution in [2.45, 2.75) is 55.6 Å². The number of aryl methyl sites for hydroxylation is 1. The minimum atomic E-state index is -1.87. The van der Waals surface area contributed by atoms with E-state index in [1.54, 1.807) is 13.0 Å². The summed E-state index contributed by atoms with van der Waals surface area (Å²) in [6, 6.07) is 4.38. The Balaban J connectivity index is 1.64. The van der Waals surface area contributed by atoms with Crippen LogP contribution < -0.4 is 4.74 Å². The lowest BCUT2D eigenvalue weighted by atomic mass is 9.99. The van der Waals surface area contributed by atoms with Crippen LogP contribution in [-0.2, 0) is 14.2 Å². The molecule has 2 saturated heterocycles. The van der Waals surface area contributed by atoms with Crippen LogP contribution in [-0.4, -0.2) is 104 Å². The van der Waals surface area contributed by atoms with Gasteiger partial charge in [0.1, 0.15) is 47.6 Å². The van der Waals surface area contributed by atoms with Crippen molar-refractivity contribution in [3.8, 4) is 11.5 Å². The quantitative estimate of drug-likeness (QED) is 0.256. The van der Waals surface area contributed by atoms with Crippen molar-refractivity contribution in [2.75, 3.05) is 19.8 Å². The number of rotatable bonds is 6. The Bertz CT molecular complexity index is 680. The number of ether oxygens (including phenoxy) is 4. The van der Waals surface area contributed by atoms with E-state index in [2.05, 4.69) is 0 Å². The maximum atomic E-state index is 10.2. The highest BCUT2D eigenvalue weighted by atomic mass is 16.7. The molecule has 0 unspecified atom stereocenters. The van der Waals surface area contributed by atoms with Gasteiger partial charge in [-0.1, -0.05) is 0 Å². The summed E-state index contributed by atoms with van der Waals surface area (Å²) < 4.78 is 21.4. The van der Waals surface area contributed by atoms with E-state index in [1.807, 2.05) is 0 Å². The van der Waals surface area contributed by atoms with Gasteiger partial charge in [-0.3, -0.25) is 0 Å². The molecule has 1 aromatic rings. The third kappa shape index (κ3) is 4.63. The number of phenolic OH excluding ortho intramolecular Hbond substituents is 1. The number of aromatic hydroxyl groups is 1. The van der Waals surface area contributed by atoms with E-state index in [0.29, 0.717) is 5.56 Å². The number of aliphatic hydroxyl groups is 6.